The molecule has 9 nitrogen and oxygen atoms in total. The van der Waals surface area contributed by atoms with Gasteiger partial charge in [-0.25, -0.2) is 4.79 Å². The Kier molecular flexibility index (Phi) is 7.52. The van der Waals surface area contributed by atoms with E-state index in [0.29, 0.717) is 50.7 Å². The first-order valence-corrected chi connectivity index (χ1v) is 15.2. The second kappa shape index (κ2) is 11.1. The highest BCUT2D eigenvalue weighted by atomic mass is 127. The third-order valence-electron chi connectivity index (χ3n) is 8.63. The summed E-state index contributed by atoms with van der Waals surface area (Å²) >= 11 is 2.08. The van der Waals surface area contributed by atoms with Crippen LogP contribution in [0.5, 0.6) is 11.5 Å². The van der Waals surface area contributed by atoms with Crippen molar-refractivity contribution in [2.45, 2.75) is 51.0 Å². The first kappa shape index (κ1) is 27.7. The van der Waals surface area contributed by atoms with Crippen LogP contribution in [0.1, 0.15) is 51.0 Å². The molecule has 10 heteroatoms. The molecule has 2 N–H and O–H groups in total. The molecule has 41 heavy (non-hydrogen) atoms. The van der Waals surface area contributed by atoms with Gasteiger partial charge in [0.15, 0.2) is 18.1 Å². The topological polar surface area (TPSA) is 114 Å². The van der Waals surface area contributed by atoms with Gasteiger partial charge in [0.2, 0.25) is 0 Å². The lowest BCUT2D eigenvalue weighted by atomic mass is 9.52. The molecule has 4 aliphatic carbocycles. The van der Waals surface area contributed by atoms with E-state index in [1.54, 1.807) is 24.3 Å². The lowest BCUT2D eigenvalue weighted by molar-refractivity contribution is -0.143. The van der Waals surface area contributed by atoms with Crippen LogP contribution in [0.25, 0.3) is 6.08 Å². The number of hydrogen-bond donors (Lipinski definition) is 2. The van der Waals surface area contributed by atoms with Gasteiger partial charge >= 0.3 is 6.03 Å². The van der Waals surface area contributed by atoms with Gasteiger partial charge in [0.25, 0.3) is 17.7 Å². The molecule has 4 bridgehead atoms. The van der Waals surface area contributed by atoms with Gasteiger partial charge in [0, 0.05) is 5.69 Å². The molecule has 2 aromatic rings. The van der Waals surface area contributed by atoms with E-state index >= 15 is 0 Å². The van der Waals surface area contributed by atoms with Crippen molar-refractivity contribution in [1.82, 2.24) is 10.2 Å². The van der Waals surface area contributed by atoms with E-state index in [1.165, 1.54) is 30.2 Å². The van der Waals surface area contributed by atoms with Gasteiger partial charge in [-0.05, 0) is 122 Å². The number of anilines is 1. The molecule has 1 saturated heterocycles. The van der Waals surface area contributed by atoms with Crippen molar-refractivity contribution in [1.29, 1.82) is 0 Å². The van der Waals surface area contributed by atoms with Crippen molar-refractivity contribution in [3.63, 3.8) is 0 Å². The molecule has 0 atom stereocenters. The number of carbonyl (C=O) groups is 4. The number of benzene rings is 2. The quantitative estimate of drug-likeness (QED) is 0.229. The summed E-state index contributed by atoms with van der Waals surface area (Å²) in [6, 6.07) is 11.9. The third kappa shape index (κ3) is 5.45. The lowest BCUT2D eigenvalue weighted by Crippen LogP contribution is -2.68. The molecule has 5 fully saturated rings. The Bertz CT molecular complexity index is 1400. The smallest absolute Gasteiger partial charge is 0.331 e. The summed E-state index contributed by atoms with van der Waals surface area (Å²) in [6.45, 7) is 1.95. The van der Waals surface area contributed by atoms with Gasteiger partial charge in [0.05, 0.1) is 15.7 Å². The first-order valence-electron chi connectivity index (χ1n) is 14.1. The second-order valence-electron chi connectivity index (χ2n) is 11.6. The minimum absolute atomic E-state index is 0.0745. The number of halogens is 1. The number of amides is 5. The van der Waals surface area contributed by atoms with E-state index in [4.69, 9.17) is 9.47 Å². The number of carbonyl (C=O) groups excluding carboxylic acids is 4. The zero-order valence-corrected chi connectivity index (χ0v) is 24.9. The Morgan fingerprint density at radius 3 is 2.34 bits per heavy atom. The number of nitrogens with zero attached hydrogens (tertiary/aromatic N) is 1. The summed E-state index contributed by atoms with van der Waals surface area (Å²) in [7, 11) is 0. The zero-order valence-electron chi connectivity index (χ0n) is 22.8. The second-order valence-corrected chi connectivity index (χ2v) is 12.7. The maximum absolute atomic E-state index is 13.8. The van der Waals surface area contributed by atoms with Crippen LogP contribution in [0.3, 0.4) is 0 Å². The fourth-order valence-corrected chi connectivity index (χ4v) is 8.31. The van der Waals surface area contributed by atoms with E-state index in [2.05, 4.69) is 33.2 Å². The number of rotatable bonds is 8. The molecule has 7 rings (SSSR count). The van der Waals surface area contributed by atoms with Gasteiger partial charge in [-0.2, -0.15) is 0 Å². The SMILES string of the molecule is CCOc1cc(/C=C2/C(=O)NC(=O)N(C34CC5CC(CC(C5)C3)C4)C2=O)cc(I)c1OCC(=O)Nc1ccccc1. The largest absolute Gasteiger partial charge is 0.490 e. The van der Waals surface area contributed by atoms with Crippen LogP contribution in [-0.2, 0) is 14.4 Å². The highest BCUT2D eigenvalue weighted by molar-refractivity contribution is 14.1. The third-order valence-corrected chi connectivity index (χ3v) is 9.43. The molecule has 4 saturated carbocycles. The van der Waals surface area contributed by atoms with Gasteiger partial charge in [-0.3, -0.25) is 24.6 Å². The monoisotopic (exact) mass is 669 g/mol. The highest BCUT2D eigenvalue weighted by Gasteiger charge is 2.58. The lowest BCUT2D eigenvalue weighted by Gasteiger charge is -2.59. The molecule has 0 unspecified atom stereocenters. The maximum atomic E-state index is 13.8. The normalized spacial score (nSPS) is 27.7. The van der Waals surface area contributed by atoms with E-state index in [-0.39, 0.29) is 18.1 Å². The number of para-hydroxylation sites is 1. The Morgan fingerprint density at radius 1 is 1.05 bits per heavy atom. The maximum Gasteiger partial charge on any atom is 0.331 e. The van der Waals surface area contributed by atoms with Crippen molar-refractivity contribution < 1.29 is 28.7 Å². The number of hydrogen-bond acceptors (Lipinski definition) is 6. The predicted octanol–water partition coefficient (Wildman–Crippen LogP) is 5.14. The van der Waals surface area contributed by atoms with Crippen LogP contribution in [0.4, 0.5) is 10.5 Å². The van der Waals surface area contributed by atoms with Gasteiger partial charge in [-0.1, -0.05) is 18.2 Å². The predicted molar refractivity (Wildman–Crippen MR) is 160 cm³/mol. The van der Waals surface area contributed by atoms with E-state index in [1.807, 2.05) is 25.1 Å². The van der Waals surface area contributed by atoms with Crippen molar-refractivity contribution in [3.8, 4) is 11.5 Å². The van der Waals surface area contributed by atoms with Crippen LogP contribution < -0.4 is 20.1 Å². The van der Waals surface area contributed by atoms with Gasteiger partial charge in [-0.15, -0.1) is 0 Å². The zero-order chi connectivity index (χ0) is 28.7. The number of nitrogens with one attached hydrogen (secondary N) is 2. The molecule has 0 spiro atoms. The summed E-state index contributed by atoms with van der Waals surface area (Å²) in [5, 5.41) is 5.21. The number of ether oxygens (including phenoxy) is 2. The van der Waals surface area contributed by atoms with Crippen molar-refractivity contribution in [2.24, 2.45) is 17.8 Å². The number of urea groups is 1. The average Bonchev–Trinajstić information content (AvgIpc) is 2.90. The van der Waals surface area contributed by atoms with Crippen LogP contribution in [0.2, 0.25) is 0 Å². The molecule has 5 aliphatic rings. The molecule has 5 amide bonds. The average molecular weight is 670 g/mol. The van der Waals surface area contributed by atoms with Crippen LogP contribution in [-0.4, -0.2) is 47.4 Å². The summed E-state index contributed by atoms with van der Waals surface area (Å²) in [6.07, 6.45) is 7.47. The molecule has 1 heterocycles. The molecular weight excluding hydrogens is 637 g/mol. The van der Waals surface area contributed by atoms with E-state index in [9.17, 15) is 19.2 Å². The molecule has 0 aromatic heterocycles. The fourth-order valence-electron chi connectivity index (χ4n) is 7.52. The molecular formula is C31H32IN3O6. The highest BCUT2D eigenvalue weighted by Crippen LogP contribution is 2.58. The van der Waals surface area contributed by atoms with Crippen molar-refractivity contribution in [3.05, 3.63) is 57.2 Å². The Labute approximate surface area is 252 Å². The number of imide groups is 2. The number of barbiturate groups is 1. The molecule has 1 aliphatic heterocycles. The summed E-state index contributed by atoms with van der Waals surface area (Å²) < 4.78 is 12.3. The minimum atomic E-state index is -0.702. The molecule has 2 aromatic carbocycles. The Balaban J connectivity index is 1.24. The van der Waals surface area contributed by atoms with E-state index < -0.39 is 23.4 Å². The summed E-state index contributed by atoms with van der Waals surface area (Å²) in [5.74, 6) is 0.815. The molecule has 214 valence electrons. The van der Waals surface area contributed by atoms with Crippen LogP contribution in [0, 0.1) is 21.3 Å². The minimum Gasteiger partial charge on any atom is -0.490 e. The van der Waals surface area contributed by atoms with Crippen molar-refractivity contribution >= 4 is 58.1 Å². The first-order chi connectivity index (χ1) is 19.7. The van der Waals surface area contributed by atoms with Crippen molar-refractivity contribution in [2.75, 3.05) is 18.5 Å². The van der Waals surface area contributed by atoms with Gasteiger partial charge in [0.1, 0.15) is 5.57 Å². The fraction of sp³-hybridized carbons (Fsp3) is 0.419. The van der Waals surface area contributed by atoms with Crippen LogP contribution >= 0.6 is 22.6 Å². The van der Waals surface area contributed by atoms with Crippen LogP contribution in [0.15, 0.2) is 48.0 Å². The summed E-state index contributed by atoms with van der Waals surface area (Å²) in [4.78, 5) is 53.7. The van der Waals surface area contributed by atoms with Gasteiger partial charge < -0.3 is 14.8 Å². The molecule has 0 radical (unpaired) electrons. The Morgan fingerprint density at radius 2 is 1.71 bits per heavy atom. The summed E-state index contributed by atoms with van der Waals surface area (Å²) in [5.41, 5.74) is 0.629. The Hall–Kier alpha value is -3.41. The van der Waals surface area contributed by atoms with E-state index in [0.717, 1.165) is 19.3 Å². The standard InChI is InChI=1S/C31H32IN3O6/c1-2-40-25-13-18(12-24(32)27(25)41-17-26(36)33-22-6-4-3-5-7-22)11-23-28(37)34-30(39)35(29(23)38)31-14-19-8-20(15-31)10-21(9-19)16-31/h3-7,11-13,19-21H,2,8-10,14-17H2,1H3,(H,33,36)(H,34,37,39)/b23-11-.